The summed E-state index contributed by atoms with van der Waals surface area (Å²) in [6.45, 7) is 6.45. The molecule has 0 spiro atoms. The number of Topliss-reactive ketones (excluding diaryl/α,β-unsaturated/α-hetero) is 1. The van der Waals surface area contributed by atoms with Gasteiger partial charge in [0.1, 0.15) is 5.78 Å². The van der Waals surface area contributed by atoms with Crippen LogP contribution in [-0.4, -0.2) is 5.78 Å². The van der Waals surface area contributed by atoms with Crippen molar-refractivity contribution in [1.29, 1.82) is 0 Å². The summed E-state index contributed by atoms with van der Waals surface area (Å²) in [4.78, 5) is 11.6. The third-order valence-corrected chi connectivity index (χ3v) is 3.05. The second-order valence-electron chi connectivity index (χ2n) is 4.67. The van der Waals surface area contributed by atoms with E-state index in [1.807, 2.05) is 0 Å². The Morgan fingerprint density at radius 1 is 0.933 bits per heavy atom. The largest absolute Gasteiger partial charge is 0.299 e. The summed E-state index contributed by atoms with van der Waals surface area (Å²) in [5.41, 5.74) is 0. The Bertz CT molecular complexity index is 151. The van der Waals surface area contributed by atoms with Crippen LogP contribution in [0.25, 0.3) is 0 Å². The Morgan fingerprint density at radius 2 is 1.53 bits per heavy atom. The number of carbonyl (C=O) groups is 1. The van der Waals surface area contributed by atoms with Crippen molar-refractivity contribution >= 4 is 5.78 Å². The summed E-state index contributed by atoms with van der Waals surface area (Å²) in [6, 6.07) is 0. The first-order chi connectivity index (χ1) is 7.22. The minimum Gasteiger partial charge on any atom is -0.299 e. The van der Waals surface area contributed by atoms with Gasteiger partial charge in [-0.2, -0.15) is 0 Å². The van der Waals surface area contributed by atoms with E-state index in [-0.39, 0.29) is 0 Å². The minimum absolute atomic E-state index is 0.297. The Morgan fingerprint density at radius 3 is 2.13 bits per heavy atom. The molecule has 0 aliphatic rings. The molecule has 1 heteroatoms. The van der Waals surface area contributed by atoms with Gasteiger partial charge in [-0.25, -0.2) is 0 Å². The third kappa shape index (κ3) is 8.65. The average Bonchev–Trinajstić information content (AvgIpc) is 2.23. The van der Waals surface area contributed by atoms with Crippen molar-refractivity contribution in [3.63, 3.8) is 0 Å². The molecule has 0 radical (unpaired) electrons. The molecule has 0 fully saturated rings. The Kier molecular flexibility index (Phi) is 9.97. The monoisotopic (exact) mass is 212 g/mol. The SMILES string of the molecule is CCCCCCCCC(=O)C(C)CCC. The van der Waals surface area contributed by atoms with Gasteiger partial charge < -0.3 is 0 Å². The molecule has 1 unspecified atom stereocenters. The predicted molar refractivity (Wildman–Crippen MR) is 67.1 cm³/mol. The molecule has 1 nitrogen and oxygen atoms in total. The maximum Gasteiger partial charge on any atom is 0.135 e. The second-order valence-corrected chi connectivity index (χ2v) is 4.67. The van der Waals surface area contributed by atoms with Crippen LogP contribution in [0, 0.1) is 5.92 Å². The van der Waals surface area contributed by atoms with Crippen molar-refractivity contribution in [3.05, 3.63) is 0 Å². The summed E-state index contributed by atoms with van der Waals surface area (Å²) < 4.78 is 0. The van der Waals surface area contributed by atoms with Crippen molar-refractivity contribution < 1.29 is 4.79 Å². The van der Waals surface area contributed by atoms with Crippen LogP contribution >= 0.6 is 0 Å². The van der Waals surface area contributed by atoms with Crippen molar-refractivity contribution in [2.45, 2.75) is 78.6 Å². The molecular weight excluding hydrogens is 184 g/mol. The maximum atomic E-state index is 11.6. The predicted octanol–water partition coefficient (Wildman–Crippen LogP) is 4.74. The van der Waals surface area contributed by atoms with Crippen molar-refractivity contribution in [2.75, 3.05) is 0 Å². The molecule has 0 saturated heterocycles. The lowest BCUT2D eigenvalue weighted by Gasteiger charge is -2.08. The zero-order chi connectivity index (χ0) is 11.5. The van der Waals surface area contributed by atoms with Gasteiger partial charge in [-0.15, -0.1) is 0 Å². The normalized spacial score (nSPS) is 12.7. The Balaban J connectivity index is 3.30. The number of carbonyl (C=O) groups excluding carboxylic acids is 1. The summed E-state index contributed by atoms with van der Waals surface area (Å²) in [7, 11) is 0. The molecule has 0 aliphatic heterocycles. The molecule has 0 aromatic carbocycles. The maximum absolute atomic E-state index is 11.6. The number of ketones is 1. The van der Waals surface area contributed by atoms with Crippen molar-refractivity contribution in [2.24, 2.45) is 5.92 Å². The van der Waals surface area contributed by atoms with Gasteiger partial charge in [-0.3, -0.25) is 4.79 Å². The fraction of sp³-hybridized carbons (Fsp3) is 0.929. The number of hydrogen-bond donors (Lipinski definition) is 0. The van der Waals surface area contributed by atoms with E-state index < -0.39 is 0 Å². The van der Waals surface area contributed by atoms with Crippen molar-refractivity contribution in [3.8, 4) is 0 Å². The zero-order valence-corrected chi connectivity index (χ0v) is 10.8. The lowest BCUT2D eigenvalue weighted by atomic mass is 9.96. The Labute approximate surface area is 95.6 Å². The van der Waals surface area contributed by atoms with E-state index in [1.165, 1.54) is 32.1 Å². The van der Waals surface area contributed by atoms with Gasteiger partial charge in [0.25, 0.3) is 0 Å². The van der Waals surface area contributed by atoms with Crippen LogP contribution in [0.4, 0.5) is 0 Å². The summed E-state index contributed by atoms with van der Waals surface area (Å²) >= 11 is 0. The van der Waals surface area contributed by atoms with Crippen LogP contribution in [0.2, 0.25) is 0 Å². The molecule has 0 aromatic heterocycles. The number of unbranched alkanes of at least 4 members (excludes halogenated alkanes) is 5. The van der Waals surface area contributed by atoms with E-state index in [9.17, 15) is 4.79 Å². The van der Waals surface area contributed by atoms with Gasteiger partial charge in [0.2, 0.25) is 0 Å². The molecule has 1 atom stereocenters. The fourth-order valence-electron chi connectivity index (χ4n) is 1.92. The van der Waals surface area contributed by atoms with Gasteiger partial charge in [0, 0.05) is 12.3 Å². The molecule has 0 aromatic rings. The van der Waals surface area contributed by atoms with Crippen molar-refractivity contribution in [1.82, 2.24) is 0 Å². The molecule has 0 saturated carbocycles. The number of rotatable bonds is 10. The first kappa shape index (κ1) is 14.7. The summed E-state index contributed by atoms with van der Waals surface area (Å²) in [6.07, 6.45) is 10.7. The van der Waals surface area contributed by atoms with Gasteiger partial charge in [0.05, 0.1) is 0 Å². The fourth-order valence-corrected chi connectivity index (χ4v) is 1.92. The summed E-state index contributed by atoms with van der Waals surface area (Å²) in [5, 5.41) is 0. The Hall–Kier alpha value is -0.330. The first-order valence-corrected chi connectivity index (χ1v) is 6.75. The molecule has 90 valence electrons. The highest BCUT2D eigenvalue weighted by Crippen LogP contribution is 2.13. The van der Waals surface area contributed by atoms with E-state index in [2.05, 4.69) is 20.8 Å². The lowest BCUT2D eigenvalue weighted by Crippen LogP contribution is -2.10. The van der Waals surface area contributed by atoms with E-state index >= 15 is 0 Å². The highest BCUT2D eigenvalue weighted by molar-refractivity contribution is 5.80. The highest BCUT2D eigenvalue weighted by atomic mass is 16.1. The van der Waals surface area contributed by atoms with E-state index in [4.69, 9.17) is 0 Å². The van der Waals surface area contributed by atoms with Gasteiger partial charge in [-0.05, 0) is 12.8 Å². The van der Waals surface area contributed by atoms with E-state index in [0.717, 1.165) is 25.7 Å². The molecule has 0 N–H and O–H groups in total. The molecule has 0 heterocycles. The quantitative estimate of drug-likeness (QED) is 0.478. The lowest BCUT2D eigenvalue weighted by molar-refractivity contribution is -0.122. The van der Waals surface area contributed by atoms with Crippen LogP contribution < -0.4 is 0 Å². The molecule has 15 heavy (non-hydrogen) atoms. The van der Waals surface area contributed by atoms with Crippen LogP contribution in [0.15, 0.2) is 0 Å². The van der Waals surface area contributed by atoms with Crippen LogP contribution in [0.1, 0.15) is 78.6 Å². The van der Waals surface area contributed by atoms with Crippen LogP contribution in [-0.2, 0) is 4.79 Å². The molecule has 0 aliphatic carbocycles. The summed E-state index contributed by atoms with van der Waals surface area (Å²) in [5.74, 6) is 0.776. The van der Waals surface area contributed by atoms with Gasteiger partial charge in [0.15, 0.2) is 0 Å². The van der Waals surface area contributed by atoms with Gasteiger partial charge in [-0.1, -0.05) is 59.3 Å². The highest BCUT2D eigenvalue weighted by Gasteiger charge is 2.10. The molecule has 0 rings (SSSR count). The smallest absolute Gasteiger partial charge is 0.135 e. The van der Waals surface area contributed by atoms with Gasteiger partial charge >= 0.3 is 0 Å². The van der Waals surface area contributed by atoms with E-state index in [1.54, 1.807) is 0 Å². The number of hydrogen-bond acceptors (Lipinski definition) is 1. The minimum atomic E-state index is 0.297. The second kappa shape index (κ2) is 10.2. The standard InChI is InChI=1S/C14H28O/c1-4-6-7-8-9-10-12-14(15)13(3)11-5-2/h13H,4-12H2,1-3H3. The van der Waals surface area contributed by atoms with Crippen LogP contribution in [0.3, 0.4) is 0 Å². The van der Waals surface area contributed by atoms with E-state index in [0.29, 0.717) is 11.7 Å². The van der Waals surface area contributed by atoms with Crippen LogP contribution in [0.5, 0.6) is 0 Å². The molecular formula is C14H28O. The topological polar surface area (TPSA) is 17.1 Å². The first-order valence-electron chi connectivity index (χ1n) is 6.75. The zero-order valence-electron chi connectivity index (χ0n) is 10.8. The molecule has 0 bridgehead atoms. The average molecular weight is 212 g/mol. The third-order valence-electron chi connectivity index (χ3n) is 3.05. The molecule has 0 amide bonds.